The van der Waals surface area contributed by atoms with Crippen LogP contribution in [0, 0.1) is 11.3 Å². The lowest BCUT2D eigenvalue weighted by atomic mass is 9.72. The van der Waals surface area contributed by atoms with Gasteiger partial charge >= 0.3 is 12.1 Å². The van der Waals surface area contributed by atoms with Crippen LogP contribution < -0.4 is 64.9 Å². The number of aliphatic hydroxyl groups is 3. The summed E-state index contributed by atoms with van der Waals surface area (Å²) in [6.45, 7) is 13.1. The Morgan fingerprint density at radius 1 is 0.719 bits per heavy atom. The highest BCUT2D eigenvalue weighted by Crippen LogP contribution is 2.53. The number of aliphatic imine (C=N–C) groups is 2. The number of Topliss-reactive ketones (excluding diaryl/α,β-unsaturated/α-hetero) is 1. The zero-order valence-corrected chi connectivity index (χ0v) is 70.9. The van der Waals surface area contributed by atoms with E-state index in [4.69, 9.17) is 41.9 Å². The first kappa shape index (κ1) is 95.9. The van der Waals surface area contributed by atoms with E-state index in [9.17, 15) is 93.3 Å². The molecule has 0 bridgehead atoms. The molecule has 3 heterocycles. The SMILES string of the molecule is COc1cccc2c1C(=O)c1c(O)c3c(c(O)c1C2=O)C[C@@](O)(C(=O)CO)C[C@@H]3O[C@H]1C[C@H](NC(=O)OCCSSC(C)(C)[C@H](NC(C)=O)C(=O)N2CCC[C@H]2C(=O)N[C@@H](CCCN=C(N)N)C(=O)N[C@@H](CCCN=C(N)N)C(=O)N2CCC[C@H]2C(=O)N[C@@H](Cc2ccc(O)cc2)C(=O)N[C@H](C(=O)N[C@@H](CC(C)C)C(=O)O)C(C)(C)C)[C@H](O)[C@H](C)O1. The van der Waals surface area contributed by atoms with Gasteiger partial charge in [0, 0.05) is 86.0 Å². The number of carbonyl (C=O) groups is 13. The Bertz CT molecular complexity index is 4420. The monoisotopic (exact) mass is 1730 g/mol. The number of phenolic OH excluding ortho intramolecular Hbond substituents is 3. The summed E-state index contributed by atoms with van der Waals surface area (Å²) < 4.78 is 22.0. The molecule has 0 unspecified atom stereocenters. The zero-order valence-electron chi connectivity index (χ0n) is 69.3. The van der Waals surface area contributed by atoms with Gasteiger partial charge in [0.1, 0.15) is 96.3 Å². The molecule has 664 valence electrons. The van der Waals surface area contributed by atoms with E-state index in [0.717, 1.165) is 21.6 Å². The number of ether oxygens (including phenoxy) is 4. The predicted octanol–water partition coefficient (Wildman–Crippen LogP) is 0.0718. The van der Waals surface area contributed by atoms with Gasteiger partial charge in [0.2, 0.25) is 53.0 Å². The van der Waals surface area contributed by atoms with Gasteiger partial charge in [-0.25, -0.2) is 9.59 Å². The van der Waals surface area contributed by atoms with Gasteiger partial charge in [-0.1, -0.05) is 80.5 Å². The molecule has 3 aromatic carbocycles. The van der Waals surface area contributed by atoms with Crippen molar-refractivity contribution in [3.8, 4) is 23.0 Å². The van der Waals surface area contributed by atoms with E-state index in [-0.39, 0.29) is 154 Å². The fourth-order valence-corrected chi connectivity index (χ4v) is 17.9. The van der Waals surface area contributed by atoms with Crippen molar-refractivity contribution in [1.82, 2.24) is 47.0 Å². The maximum Gasteiger partial charge on any atom is 0.407 e. The standard InChI is InChI=1S/C80H113N15O24S2/c1-38(2)32-49(74(112)113)91-71(109)65(78(5,6)7)93-68(106)48(33-41-22-24-42(98)25-23-41)90-70(108)50-19-14-28-94(50)72(110)46(18-13-27-86-76(83)84)89-67(105)45(17-12-26-85-75(81)82)88-69(107)51-20-15-29-95(51)73(111)66(87-40(4)97)79(8,9)121-120-31-30-117-77(114)92-47-34-55(118-39(3)60(47)100)119-53-36-80(115,54(99)37-96)35-44-57(53)64(104)59-58(62(44)102)61(101)43-16-11-21-52(116-10)56(43)63(59)103/h11,16,21-25,38-39,45-51,53,55,60,65-66,96,98,100,102,104,115H,12-15,17-20,26-37H2,1-10H3,(H,87,97)(H,88,107)(H,89,105)(H,90,108)(H,91,109)(H,92,114)(H,93,106)(H,112,113)(H4,81,82,85)(H4,83,84,86)/t39-,45-,46-,47-,48-,49-,50-,51-,53-,55-,60+,65+,66+,80-/m0/s1. The number of hydrogen-bond donors (Lipinski definition) is 18. The Labute approximate surface area is 706 Å². The number of carbonyl (C=O) groups excluding carboxylic acids is 12. The number of fused-ring (bicyclic) bond motifs is 3. The van der Waals surface area contributed by atoms with Gasteiger partial charge in [-0.2, -0.15) is 0 Å². The van der Waals surface area contributed by atoms with Crippen molar-refractivity contribution in [2.45, 2.75) is 235 Å². The number of carboxylic acid groups (broad SMARTS) is 1. The third kappa shape index (κ3) is 24.2. The number of amides is 9. The minimum atomic E-state index is -2.47. The fraction of sp³-hybridized carbons (Fsp3) is 0.588. The molecule has 3 aliphatic heterocycles. The van der Waals surface area contributed by atoms with Gasteiger partial charge < -0.3 is 125 Å². The number of likely N-dealkylation sites (tertiary alicyclic amines) is 2. The highest BCUT2D eigenvalue weighted by Gasteiger charge is 2.52. The van der Waals surface area contributed by atoms with Crippen molar-refractivity contribution in [1.29, 1.82) is 0 Å². The summed E-state index contributed by atoms with van der Waals surface area (Å²) in [6.07, 6.45) is -7.62. The molecule has 0 aromatic heterocycles. The Morgan fingerprint density at radius 2 is 1.30 bits per heavy atom. The highest BCUT2D eigenvalue weighted by atomic mass is 33.1. The number of ketones is 3. The van der Waals surface area contributed by atoms with Crippen molar-refractivity contribution < 1.29 is 117 Å². The molecule has 41 heteroatoms. The third-order valence-corrected chi connectivity index (χ3v) is 24.8. The first-order valence-electron chi connectivity index (χ1n) is 39.9. The van der Waals surface area contributed by atoms with Crippen molar-refractivity contribution in [2.75, 3.05) is 52.3 Å². The van der Waals surface area contributed by atoms with E-state index in [2.05, 4.69) is 47.2 Å². The first-order chi connectivity index (χ1) is 56.9. The largest absolute Gasteiger partial charge is 0.508 e. The highest BCUT2D eigenvalue weighted by molar-refractivity contribution is 8.77. The molecule has 8 rings (SSSR count). The maximum atomic E-state index is 15.1. The number of aliphatic hydroxyl groups excluding tert-OH is 2. The van der Waals surface area contributed by atoms with Crippen LogP contribution in [0.3, 0.4) is 0 Å². The summed E-state index contributed by atoms with van der Waals surface area (Å²) in [5.74, 6) is -12.5. The van der Waals surface area contributed by atoms with E-state index in [1.807, 2.05) is 0 Å². The lowest BCUT2D eigenvalue weighted by molar-refractivity contribution is -0.249. The van der Waals surface area contributed by atoms with Crippen molar-refractivity contribution in [3.05, 3.63) is 81.4 Å². The minimum Gasteiger partial charge on any atom is -0.508 e. The van der Waals surface area contributed by atoms with Gasteiger partial charge in [-0.15, -0.1) is 0 Å². The van der Waals surface area contributed by atoms with Crippen molar-refractivity contribution in [2.24, 2.45) is 44.3 Å². The zero-order chi connectivity index (χ0) is 89.4. The van der Waals surface area contributed by atoms with E-state index in [1.54, 1.807) is 48.5 Å². The molecule has 3 fully saturated rings. The molecule has 0 radical (unpaired) electrons. The average molecular weight is 1730 g/mol. The number of nitrogens with zero attached hydrogens (tertiary/aromatic N) is 4. The second kappa shape index (κ2) is 41.8. The smallest absolute Gasteiger partial charge is 0.407 e. The lowest BCUT2D eigenvalue weighted by Gasteiger charge is -2.42. The van der Waals surface area contributed by atoms with Crippen LogP contribution in [0.1, 0.15) is 188 Å². The number of nitrogens with one attached hydrogen (secondary N) is 7. The molecule has 3 aromatic rings. The van der Waals surface area contributed by atoms with Crippen LogP contribution in [0.2, 0.25) is 0 Å². The molecule has 22 N–H and O–H groups in total. The minimum absolute atomic E-state index is 0.00306. The molecule has 5 aliphatic rings. The molecule has 3 saturated heterocycles. The number of hydrogen-bond acceptors (Lipinski definition) is 27. The van der Waals surface area contributed by atoms with Gasteiger partial charge in [-0.05, 0) is 114 Å². The quantitative estimate of drug-likeness (QED) is 0.00928. The van der Waals surface area contributed by atoms with E-state index in [1.165, 1.54) is 73.2 Å². The van der Waals surface area contributed by atoms with Crippen molar-refractivity contribution in [3.63, 3.8) is 0 Å². The number of benzene rings is 3. The number of aromatic hydroxyl groups is 3. The number of aliphatic carboxylic acids is 1. The summed E-state index contributed by atoms with van der Waals surface area (Å²) in [5, 5.41) is 95.9. The molecule has 2 aliphatic carbocycles. The number of guanidine groups is 2. The number of carboxylic acids is 1. The third-order valence-electron chi connectivity index (χ3n) is 21.6. The number of nitrogens with two attached hydrogens (primary N) is 4. The molecule has 0 saturated carbocycles. The number of alkyl carbamates (subject to hydrolysis) is 1. The Kier molecular flexibility index (Phi) is 33.1. The van der Waals surface area contributed by atoms with Gasteiger partial charge in [0.05, 0.1) is 42.0 Å². The predicted molar refractivity (Wildman–Crippen MR) is 441 cm³/mol. The number of methoxy groups -OCH3 is 1. The molecule has 121 heavy (non-hydrogen) atoms. The van der Waals surface area contributed by atoms with E-state index in [0.29, 0.717) is 12.0 Å². The van der Waals surface area contributed by atoms with Gasteiger partial charge in [-0.3, -0.25) is 62.7 Å². The molecular formula is C80H113N15O24S2. The van der Waals surface area contributed by atoms with Crippen LogP contribution in [-0.2, 0) is 75.0 Å². The number of rotatable bonds is 38. The molecule has 39 nitrogen and oxygen atoms in total. The number of phenols is 3. The Morgan fingerprint density at radius 3 is 1.87 bits per heavy atom. The molecule has 0 spiro atoms. The summed E-state index contributed by atoms with van der Waals surface area (Å²) >= 11 is 0. The first-order valence-corrected chi connectivity index (χ1v) is 42.2. The molecule has 14 atom stereocenters. The Hall–Kier alpha value is -10.6. The van der Waals surface area contributed by atoms with Gasteiger partial charge in [0.15, 0.2) is 29.8 Å². The van der Waals surface area contributed by atoms with Crippen LogP contribution >= 0.6 is 21.6 Å². The molecular weight excluding hydrogens is 1620 g/mol. The summed E-state index contributed by atoms with van der Waals surface area (Å²) in [7, 11) is 3.56. The molecule has 9 amide bonds. The second-order valence-corrected chi connectivity index (χ2v) is 35.8. The summed E-state index contributed by atoms with van der Waals surface area (Å²) in [4.78, 5) is 194. The normalized spacial score (nSPS) is 21.5. The van der Waals surface area contributed by atoms with Crippen LogP contribution in [0.4, 0.5) is 4.79 Å². The lowest BCUT2D eigenvalue weighted by Crippen LogP contribution is -2.62. The average Bonchev–Trinajstić information content (AvgIpc) is 0.994. The van der Waals surface area contributed by atoms with E-state index >= 15 is 4.79 Å². The van der Waals surface area contributed by atoms with Gasteiger partial charge in [0.25, 0.3) is 0 Å². The van der Waals surface area contributed by atoms with Crippen molar-refractivity contribution >= 4 is 110 Å². The Balaban J connectivity index is 0.921. The maximum absolute atomic E-state index is 15.1. The van der Waals surface area contributed by atoms with Crippen LogP contribution in [-0.4, -0.2) is 270 Å². The summed E-state index contributed by atoms with van der Waals surface area (Å²) in [5.41, 5.74) is 17.4. The van der Waals surface area contributed by atoms with Crippen LogP contribution in [0.5, 0.6) is 23.0 Å². The second-order valence-electron chi connectivity index (χ2n) is 32.7. The van der Waals surface area contributed by atoms with E-state index < -0.39 is 213 Å². The summed E-state index contributed by atoms with van der Waals surface area (Å²) in [6, 6.07) is -1.82. The van der Waals surface area contributed by atoms with Crippen LogP contribution in [0.15, 0.2) is 52.4 Å². The van der Waals surface area contributed by atoms with Crippen LogP contribution in [0.25, 0.3) is 0 Å². The fourth-order valence-electron chi connectivity index (χ4n) is 15.5. The topological polar surface area (TPSA) is 620 Å².